The molecule has 0 radical (unpaired) electrons. The second kappa shape index (κ2) is 16.9. The van der Waals surface area contributed by atoms with Crippen LogP contribution in [0.25, 0.3) is 0 Å². The number of carbonyl (C=O) groups is 2. The van der Waals surface area contributed by atoms with Gasteiger partial charge in [-0.15, -0.1) is 0 Å². The molecule has 7 nitrogen and oxygen atoms in total. The topological polar surface area (TPSA) is 74.3 Å². The van der Waals surface area contributed by atoms with Crippen molar-refractivity contribution in [3.63, 3.8) is 0 Å². The van der Waals surface area contributed by atoms with E-state index in [-0.39, 0.29) is 34.4 Å². The summed E-state index contributed by atoms with van der Waals surface area (Å²) in [4.78, 5) is 28.3. The van der Waals surface area contributed by atoms with Gasteiger partial charge in [-0.25, -0.2) is 9.59 Å². The van der Waals surface area contributed by atoms with Crippen LogP contribution in [0.1, 0.15) is 52.5 Å². The number of unbranched alkanes of at least 4 members (excludes halogenated alkanes) is 2. The summed E-state index contributed by atoms with van der Waals surface area (Å²) in [7, 11) is 2.93. The Hall–Kier alpha value is -2.52. The zero-order valence-electron chi connectivity index (χ0n) is 23.6. The minimum Gasteiger partial charge on any atom is -0.435 e. The largest absolute Gasteiger partial charge is 0.435 e. The maximum Gasteiger partial charge on any atom is 0.341 e. The Morgan fingerprint density at radius 1 is 0.714 bits per heavy atom. The lowest BCUT2D eigenvalue weighted by atomic mass is 10.1. The molecule has 0 spiro atoms. The second-order valence-electron chi connectivity index (χ2n) is 9.41. The van der Waals surface area contributed by atoms with Crippen molar-refractivity contribution in [2.45, 2.75) is 45.1 Å². The van der Waals surface area contributed by atoms with Gasteiger partial charge in [0.1, 0.15) is 13.2 Å². The zero-order valence-corrected chi connectivity index (χ0v) is 26.6. The van der Waals surface area contributed by atoms with Crippen molar-refractivity contribution in [3.8, 4) is 0 Å². The van der Waals surface area contributed by atoms with Crippen molar-refractivity contribution >= 4 is 64.0 Å². The van der Waals surface area contributed by atoms with Gasteiger partial charge in [-0.1, -0.05) is 78.3 Å². The number of ether oxygens (including phenoxy) is 4. The molecule has 0 N–H and O–H groups in total. The van der Waals surface area contributed by atoms with Gasteiger partial charge in [0.05, 0.1) is 21.2 Å². The Kier molecular flexibility index (Phi) is 13.7. The van der Waals surface area contributed by atoms with Gasteiger partial charge in [0.15, 0.2) is 0 Å². The summed E-state index contributed by atoms with van der Waals surface area (Å²) in [5.74, 6) is -1.49. The molecule has 0 aliphatic carbocycles. The van der Waals surface area contributed by atoms with E-state index >= 15 is 0 Å². The van der Waals surface area contributed by atoms with Crippen LogP contribution in [0.2, 0.25) is 20.1 Å². The Balaban J connectivity index is 2.03. The van der Waals surface area contributed by atoms with Crippen molar-refractivity contribution in [3.05, 3.63) is 97.4 Å². The fourth-order valence-electron chi connectivity index (χ4n) is 4.24. The molecule has 0 aromatic heterocycles. The fourth-order valence-corrected chi connectivity index (χ4v) is 4.97. The molecule has 2 atom stereocenters. The number of methoxy groups -OCH3 is 2. The maximum absolute atomic E-state index is 13.3. The first-order chi connectivity index (χ1) is 20.2. The van der Waals surface area contributed by atoms with Crippen molar-refractivity contribution < 1.29 is 28.5 Å². The second-order valence-corrected chi connectivity index (χ2v) is 11.1. The minimum atomic E-state index is -1.08. The van der Waals surface area contributed by atoms with Gasteiger partial charge in [-0.05, 0) is 66.9 Å². The van der Waals surface area contributed by atoms with Gasteiger partial charge >= 0.3 is 11.9 Å². The van der Waals surface area contributed by atoms with Gasteiger partial charge in [-0.2, -0.15) is 0 Å². The van der Waals surface area contributed by atoms with Crippen LogP contribution in [0.15, 0.2) is 60.7 Å². The molecule has 0 aliphatic heterocycles. The predicted octanol–water partition coefficient (Wildman–Crippen LogP) is 8.50. The molecule has 0 aliphatic rings. The van der Waals surface area contributed by atoms with Crippen molar-refractivity contribution in [2.24, 2.45) is 0 Å². The lowest BCUT2D eigenvalue weighted by molar-refractivity contribution is -0.0341. The molecular formula is C31H33Cl4NO6. The third-order valence-electron chi connectivity index (χ3n) is 6.33. The summed E-state index contributed by atoms with van der Waals surface area (Å²) in [6.07, 6.45) is 2.07. The molecular weight excluding hydrogens is 624 g/mol. The summed E-state index contributed by atoms with van der Waals surface area (Å²) >= 11 is 24.8. The highest BCUT2D eigenvalue weighted by Crippen LogP contribution is 2.28. The minimum absolute atomic E-state index is 0.0717. The van der Waals surface area contributed by atoms with E-state index in [9.17, 15) is 9.59 Å². The first-order valence-electron chi connectivity index (χ1n) is 13.4. The van der Waals surface area contributed by atoms with Crippen molar-refractivity contribution in [2.75, 3.05) is 32.3 Å². The fraction of sp³-hybridized carbons (Fsp3) is 0.355. The third-order valence-corrected chi connectivity index (χ3v) is 7.45. The number of anilines is 1. The number of benzene rings is 3. The standard InChI is InChI=1S/C31H33Cl4NO6/c1-4-5-6-7-20-8-12-23(13-9-20)36(28(18-39-2)41-30(37)24-16-21(32)10-14-26(24)34)29(19-40-3)42-31(38)25-17-22(33)11-15-27(25)35/h8-17,28-29H,4-7,18-19H2,1-3H3. The van der Waals surface area contributed by atoms with E-state index in [0.29, 0.717) is 15.7 Å². The van der Waals surface area contributed by atoms with Crippen LogP contribution >= 0.6 is 46.4 Å². The number of aryl methyl sites for hydroxylation is 1. The quantitative estimate of drug-likeness (QED) is 0.0922. The average molecular weight is 657 g/mol. The van der Waals surface area contributed by atoms with E-state index in [1.165, 1.54) is 38.5 Å². The molecule has 226 valence electrons. The van der Waals surface area contributed by atoms with Gasteiger partial charge in [0, 0.05) is 30.0 Å². The summed E-state index contributed by atoms with van der Waals surface area (Å²) in [6.45, 7) is 1.98. The normalized spacial score (nSPS) is 12.5. The van der Waals surface area contributed by atoms with E-state index in [2.05, 4.69) is 6.92 Å². The molecule has 0 heterocycles. The Morgan fingerprint density at radius 2 is 1.19 bits per heavy atom. The Labute approximate surface area is 266 Å². The summed E-state index contributed by atoms with van der Waals surface area (Å²) in [6, 6.07) is 16.7. The molecule has 3 rings (SSSR count). The van der Waals surface area contributed by atoms with Crippen LogP contribution in [0.4, 0.5) is 5.69 Å². The molecule has 2 unspecified atom stereocenters. The lowest BCUT2D eigenvalue weighted by Crippen LogP contribution is -2.52. The molecule has 0 saturated heterocycles. The van der Waals surface area contributed by atoms with Crippen LogP contribution in [0.3, 0.4) is 0 Å². The Bertz CT molecular complexity index is 1260. The average Bonchev–Trinajstić information content (AvgIpc) is 2.96. The van der Waals surface area contributed by atoms with E-state index in [4.69, 9.17) is 65.4 Å². The highest BCUT2D eigenvalue weighted by molar-refractivity contribution is 6.36. The summed E-state index contributed by atoms with van der Waals surface area (Å²) in [5.41, 5.74) is 1.88. The van der Waals surface area contributed by atoms with Crippen molar-refractivity contribution in [1.82, 2.24) is 0 Å². The summed E-state index contributed by atoms with van der Waals surface area (Å²) < 4.78 is 22.7. The number of hydrogen-bond donors (Lipinski definition) is 0. The zero-order chi connectivity index (χ0) is 30.6. The first-order valence-corrected chi connectivity index (χ1v) is 14.9. The van der Waals surface area contributed by atoms with Crippen LogP contribution in [-0.2, 0) is 25.4 Å². The third kappa shape index (κ3) is 9.49. The predicted molar refractivity (Wildman–Crippen MR) is 167 cm³/mol. The molecule has 3 aromatic rings. The van der Waals surface area contributed by atoms with Gasteiger partial charge in [-0.3, -0.25) is 4.90 Å². The number of nitrogens with zero attached hydrogens (tertiary/aromatic N) is 1. The number of halogens is 4. The SMILES string of the molecule is CCCCCc1ccc(N(C(COC)OC(=O)c2cc(Cl)ccc2Cl)C(COC)OC(=O)c2cc(Cl)ccc2Cl)cc1. The molecule has 0 saturated carbocycles. The molecule has 0 amide bonds. The molecule has 3 aromatic carbocycles. The van der Waals surface area contributed by atoms with E-state index in [1.807, 2.05) is 24.3 Å². The first kappa shape index (κ1) is 34.0. The monoisotopic (exact) mass is 655 g/mol. The Morgan fingerprint density at radius 3 is 1.62 bits per heavy atom. The van der Waals surface area contributed by atoms with Crippen molar-refractivity contribution in [1.29, 1.82) is 0 Å². The highest BCUT2D eigenvalue weighted by Gasteiger charge is 2.34. The lowest BCUT2D eigenvalue weighted by Gasteiger charge is -2.38. The maximum atomic E-state index is 13.3. The van der Waals surface area contributed by atoms with Gasteiger partial charge in [0.25, 0.3) is 0 Å². The molecule has 11 heteroatoms. The van der Waals surface area contributed by atoms with Crippen LogP contribution in [-0.4, -0.2) is 51.8 Å². The van der Waals surface area contributed by atoms with E-state index < -0.39 is 24.4 Å². The molecule has 42 heavy (non-hydrogen) atoms. The van der Waals surface area contributed by atoms with Crippen LogP contribution in [0.5, 0.6) is 0 Å². The molecule has 0 bridgehead atoms. The number of rotatable bonds is 15. The summed E-state index contributed by atoms with van der Waals surface area (Å²) in [5, 5.41) is 0.961. The number of carbonyl (C=O) groups excluding carboxylic acids is 2. The smallest absolute Gasteiger partial charge is 0.341 e. The van der Waals surface area contributed by atoms with E-state index in [1.54, 1.807) is 17.0 Å². The number of hydrogen-bond acceptors (Lipinski definition) is 7. The number of esters is 2. The van der Waals surface area contributed by atoms with Crippen LogP contribution < -0.4 is 4.90 Å². The van der Waals surface area contributed by atoms with Gasteiger partial charge < -0.3 is 18.9 Å². The highest BCUT2D eigenvalue weighted by atomic mass is 35.5. The molecule has 0 fully saturated rings. The van der Waals surface area contributed by atoms with Gasteiger partial charge in [0.2, 0.25) is 12.5 Å². The van der Waals surface area contributed by atoms with Crippen LogP contribution in [0, 0.1) is 0 Å². The van der Waals surface area contributed by atoms with E-state index in [0.717, 1.165) is 31.2 Å².